The zero-order valence-corrected chi connectivity index (χ0v) is 15.9. The fraction of sp³-hybridized carbons (Fsp3) is 0.0526. The van der Waals surface area contributed by atoms with Crippen LogP contribution in [0.15, 0.2) is 57.8 Å². The lowest BCUT2D eigenvalue weighted by Gasteiger charge is -2.13. The standard InChI is InChI=1S/C19H15FN3O5S/c1-3-16(24)23(2,25)19-22-17(12-8-10-13(20)11-9-12)18(28-19)14-6-4-5-7-15(14)29(21,26)27/h1,4-11,25H,2H3,(H2,21,26,27)/q+1. The molecule has 0 aliphatic carbocycles. The van der Waals surface area contributed by atoms with Crippen molar-refractivity contribution >= 4 is 21.9 Å². The van der Waals surface area contributed by atoms with Crippen LogP contribution in [0.5, 0.6) is 0 Å². The average Bonchev–Trinajstić information content (AvgIpc) is 3.13. The Morgan fingerprint density at radius 1 is 1.24 bits per heavy atom. The van der Waals surface area contributed by atoms with E-state index in [9.17, 15) is 22.8 Å². The van der Waals surface area contributed by atoms with Crippen LogP contribution in [0.4, 0.5) is 10.4 Å². The third-order valence-electron chi connectivity index (χ3n) is 4.06. The van der Waals surface area contributed by atoms with Crippen molar-refractivity contribution in [1.29, 1.82) is 0 Å². The largest absolute Gasteiger partial charge is 0.447 e. The smallest absolute Gasteiger partial charge is 0.392 e. The van der Waals surface area contributed by atoms with Gasteiger partial charge in [-0.05, 0) is 41.0 Å². The molecule has 0 aliphatic heterocycles. The number of primary sulfonamides is 1. The number of hydroxylamine groups is 2. The minimum absolute atomic E-state index is 0.0428. The van der Waals surface area contributed by atoms with Crippen molar-refractivity contribution in [3.05, 3.63) is 54.3 Å². The Balaban J connectivity index is 2.34. The summed E-state index contributed by atoms with van der Waals surface area (Å²) in [4.78, 5) is 15.8. The van der Waals surface area contributed by atoms with E-state index in [1.807, 2.05) is 0 Å². The molecule has 8 nitrogen and oxygen atoms in total. The third kappa shape index (κ3) is 3.80. The monoisotopic (exact) mass is 416 g/mol. The zero-order valence-electron chi connectivity index (χ0n) is 15.0. The highest BCUT2D eigenvalue weighted by atomic mass is 32.2. The van der Waals surface area contributed by atoms with Gasteiger partial charge in [-0.25, -0.2) is 22.7 Å². The second-order valence-corrected chi connectivity index (χ2v) is 7.66. The normalized spacial score (nSPS) is 13.5. The first-order valence-corrected chi connectivity index (χ1v) is 9.60. The molecule has 0 saturated carbocycles. The first-order valence-electron chi connectivity index (χ1n) is 8.05. The van der Waals surface area contributed by atoms with Crippen LogP contribution in [-0.2, 0) is 14.8 Å². The maximum Gasteiger partial charge on any atom is 0.447 e. The highest BCUT2D eigenvalue weighted by molar-refractivity contribution is 7.89. The number of nitrogens with two attached hydrogens (primary N) is 1. The lowest BCUT2D eigenvalue weighted by molar-refractivity contribution is -0.152. The lowest BCUT2D eigenvalue weighted by Crippen LogP contribution is -2.46. The molecule has 0 bridgehead atoms. The van der Waals surface area contributed by atoms with Gasteiger partial charge in [0, 0.05) is 17.0 Å². The van der Waals surface area contributed by atoms with Gasteiger partial charge in [-0.2, -0.15) is 10.2 Å². The Morgan fingerprint density at radius 3 is 2.45 bits per heavy atom. The van der Waals surface area contributed by atoms with Crippen molar-refractivity contribution in [1.82, 2.24) is 9.63 Å². The van der Waals surface area contributed by atoms with Gasteiger partial charge in [-0.1, -0.05) is 12.1 Å². The molecule has 1 amide bonds. The van der Waals surface area contributed by atoms with Crippen molar-refractivity contribution < 1.29 is 27.2 Å². The maximum absolute atomic E-state index is 13.3. The molecule has 0 saturated heterocycles. The molecule has 1 aromatic heterocycles. The number of aromatic nitrogens is 1. The molecular weight excluding hydrogens is 401 g/mol. The summed E-state index contributed by atoms with van der Waals surface area (Å²) >= 11 is 0. The van der Waals surface area contributed by atoms with Crippen LogP contribution in [0, 0.1) is 18.2 Å². The van der Waals surface area contributed by atoms with E-state index in [1.54, 1.807) is 12.0 Å². The van der Waals surface area contributed by atoms with Gasteiger partial charge in [0.15, 0.2) is 5.76 Å². The molecule has 2 aromatic carbocycles. The second-order valence-electron chi connectivity index (χ2n) is 6.13. The van der Waals surface area contributed by atoms with E-state index in [2.05, 4.69) is 4.98 Å². The number of quaternary nitrogens is 1. The van der Waals surface area contributed by atoms with Gasteiger partial charge in [0.2, 0.25) is 10.0 Å². The summed E-state index contributed by atoms with van der Waals surface area (Å²) in [5.41, 5.74) is 0.439. The molecule has 3 aromatic rings. The molecular formula is C19H15FN3O5S+. The summed E-state index contributed by atoms with van der Waals surface area (Å²) in [7, 11) is -3.11. The van der Waals surface area contributed by atoms with Gasteiger partial charge in [-0.15, -0.1) is 6.42 Å². The number of hydrogen-bond donors (Lipinski definition) is 2. The summed E-state index contributed by atoms with van der Waals surface area (Å²) in [5.74, 6) is 0.103. The number of terminal acetylenes is 1. The van der Waals surface area contributed by atoms with Crippen LogP contribution in [0.3, 0.4) is 0 Å². The van der Waals surface area contributed by atoms with E-state index >= 15 is 0 Å². The molecule has 1 atom stereocenters. The summed E-state index contributed by atoms with van der Waals surface area (Å²) in [6, 6.07) is 10.3. The summed E-state index contributed by atoms with van der Waals surface area (Å²) < 4.78 is 41.4. The number of benzene rings is 2. The van der Waals surface area contributed by atoms with Crippen molar-refractivity contribution in [2.24, 2.45) is 5.14 Å². The number of hydrogen-bond acceptors (Lipinski definition) is 6. The number of amides is 1. The van der Waals surface area contributed by atoms with E-state index in [4.69, 9.17) is 16.0 Å². The summed E-state index contributed by atoms with van der Waals surface area (Å²) in [5, 5.41) is 15.7. The number of sulfonamides is 1. The Kier molecular flexibility index (Phi) is 5.08. The minimum Gasteiger partial charge on any atom is -0.392 e. The molecule has 1 heterocycles. The third-order valence-corrected chi connectivity index (χ3v) is 5.03. The first kappa shape index (κ1) is 20.4. The highest BCUT2D eigenvalue weighted by Gasteiger charge is 2.40. The van der Waals surface area contributed by atoms with E-state index < -0.39 is 32.4 Å². The molecule has 10 heteroatoms. The van der Waals surface area contributed by atoms with Crippen molar-refractivity contribution in [2.45, 2.75) is 4.90 Å². The molecule has 3 N–H and O–H groups in total. The van der Waals surface area contributed by atoms with Gasteiger partial charge in [0.05, 0.1) is 4.90 Å². The summed E-state index contributed by atoms with van der Waals surface area (Å²) in [6.07, 6.45) is 5.08. The van der Waals surface area contributed by atoms with Gasteiger partial charge >= 0.3 is 11.9 Å². The molecule has 0 aliphatic rings. The van der Waals surface area contributed by atoms with E-state index in [-0.39, 0.29) is 21.9 Å². The van der Waals surface area contributed by atoms with E-state index in [0.717, 1.165) is 7.05 Å². The van der Waals surface area contributed by atoms with Crippen molar-refractivity contribution in [2.75, 3.05) is 7.05 Å². The number of oxazole rings is 1. The van der Waals surface area contributed by atoms with Gasteiger partial charge in [-0.3, -0.25) is 0 Å². The van der Waals surface area contributed by atoms with Gasteiger partial charge in [0.1, 0.15) is 18.6 Å². The Labute approximate surface area is 165 Å². The fourth-order valence-electron chi connectivity index (χ4n) is 2.60. The number of rotatable bonds is 4. The predicted molar refractivity (Wildman–Crippen MR) is 102 cm³/mol. The Hall–Kier alpha value is -3.36. The predicted octanol–water partition coefficient (Wildman–Crippen LogP) is 2.28. The summed E-state index contributed by atoms with van der Waals surface area (Å²) in [6.45, 7) is 0. The van der Waals surface area contributed by atoms with Crippen molar-refractivity contribution in [3.63, 3.8) is 0 Å². The van der Waals surface area contributed by atoms with Crippen LogP contribution in [0.1, 0.15) is 0 Å². The van der Waals surface area contributed by atoms with Crippen LogP contribution in [-0.4, -0.2) is 31.6 Å². The van der Waals surface area contributed by atoms with Crippen LogP contribution >= 0.6 is 0 Å². The molecule has 3 rings (SSSR count). The van der Waals surface area contributed by atoms with Crippen LogP contribution in [0.25, 0.3) is 22.6 Å². The SMILES string of the molecule is C#CC(=O)[N+](C)(O)c1nc(-c2ccc(F)cc2)c(-c2ccccc2S(N)(=O)=O)o1. The second kappa shape index (κ2) is 7.23. The number of halogens is 1. The maximum atomic E-state index is 13.3. The fourth-order valence-corrected chi connectivity index (χ4v) is 3.33. The van der Waals surface area contributed by atoms with Gasteiger partial charge < -0.3 is 4.42 Å². The number of carbonyl (C=O) groups excluding carboxylic acids is 1. The molecule has 0 spiro atoms. The van der Waals surface area contributed by atoms with E-state index in [1.165, 1.54) is 42.5 Å². The molecule has 0 fully saturated rings. The van der Waals surface area contributed by atoms with Crippen LogP contribution < -0.4 is 9.79 Å². The Bertz CT molecular complexity index is 1240. The lowest BCUT2D eigenvalue weighted by atomic mass is 10.1. The van der Waals surface area contributed by atoms with Crippen molar-refractivity contribution in [3.8, 4) is 34.9 Å². The average molecular weight is 416 g/mol. The van der Waals surface area contributed by atoms with Gasteiger partial charge in [0.25, 0.3) is 0 Å². The quantitative estimate of drug-likeness (QED) is 0.291. The molecule has 29 heavy (non-hydrogen) atoms. The molecule has 0 radical (unpaired) electrons. The highest BCUT2D eigenvalue weighted by Crippen LogP contribution is 2.39. The first-order chi connectivity index (χ1) is 13.6. The molecule has 1 unspecified atom stereocenters. The van der Waals surface area contributed by atoms with Crippen LogP contribution in [0.2, 0.25) is 0 Å². The topological polar surface area (TPSA) is 123 Å². The molecule has 148 valence electrons. The zero-order chi connectivity index (χ0) is 21.4. The minimum atomic E-state index is -4.15. The van der Waals surface area contributed by atoms with E-state index in [0.29, 0.717) is 5.56 Å². The number of carbonyl (C=O) groups is 1. The Morgan fingerprint density at radius 2 is 1.86 bits per heavy atom. The number of nitrogens with zero attached hydrogens (tertiary/aromatic N) is 2.